The molecule has 0 aromatic rings. The highest BCUT2D eigenvalue weighted by Gasteiger charge is 2.19. The molecule has 1 rings (SSSR count). The lowest BCUT2D eigenvalue weighted by atomic mass is 10.0. The highest BCUT2D eigenvalue weighted by molar-refractivity contribution is 4.74. The van der Waals surface area contributed by atoms with Crippen LogP contribution in [0, 0.1) is 5.92 Å². The highest BCUT2D eigenvalue weighted by Crippen LogP contribution is 2.04. The van der Waals surface area contributed by atoms with Gasteiger partial charge in [0.15, 0.2) is 0 Å². The molecule has 2 unspecified atom stereocenters. The van der Waals surface area contributed by atoms with Gasteiger partial charge in [-0.1, -0.05) is 6.92 Å². The Morgan fingerprint density at radius 3 is 2.67 bits per heavy atom. The minimum Gasteiger partial charge on any atom is -0.384 e. The van der Waals surface area contributed by atoms with Crippen LogP contribution in [0.3, 0.4) is 0 Å². The topological polar surface area (TPSA) is 59.8 Å². The fourth-order valence-electron chi connectivity index (χ4n) is 1.72. The third-order valence-electron chi connectivity index (χ3n) is 2.73. The Morgan fingerprint density at radius 1 is 1.47 bits per heavy atom. The smallest absolute Gasteiger partial charge is 0.0608 e. The molecule has 1 fully saturated rings. The molecule has 0 saturated carbocycles. The van der Waals surface area contributed by atoms with Crippen molar-refractivity contribution in [3.8, 4) is 0 Å². The molecule has 15 heavy (non-hydrogen) atoms. The van der Waals surface area contributed by atoms with Gasteiger partial charge in [0, 0.05) is 32.8 Å². The number of hydrogen-bond acceptors (Lipinski definition) is 5. The predicted molar refractivity (Wildman–Crippen MR) is 59.4 cm³/mol. The summed E-state index contributed by atoms with van der Waals surface area (Å²) in [4.78, 5) is 0. The number of nitrogens with two attached hydrogens (primary N) is 1. The molecule has 90 valence electrons. The first-order valence-corrected chi connectivity index (χ1v) is 5.55. The summed E-state index contributed by atoms with van der Waals surface area (Å²) in [5, 5.41) is 2.19. The molecule has 5 heteroatoms. The normalized spacial score (nSPS) is 22.6. The van der Waals surface area contributed by atoms with Gasteiger partial charge in [0.25, 0.3) is 0 Å². The van der Waals surface area contributed by atoms with Crippen LogP contribution in [0.5, 0.6) is 0 Å². The molecule has 0 bridgehead atoms. The van der Waals surface area contributed by atoms with Crippen molar-refractivity contribution in [1.82, 2.24) is 10.4 Å². The average molecular weight is 217 g/mol. The SMILES string of the molecule is COCC(C)C(CN)NN1CCOCC1. The Balaban J connectivity index is 2.30. The van der Waals surface area contributed by atoms with Gasteiger partial charge in [-0.15, -0.1) is 0 Å². The number of nitrogens with one attached hydrogen (secondary N) is 1. The molecule has 3 N–H and O–H groups in total. The van der Waals surface area contributed by atoms with Crippen LogP contribution in [-0.2, 0) is 9.47 Å². The zero-order valence-corrected chi connectivity index (χ0v) is 9.74. The summed E-state index contributed by atoms with van der Waals surface area (Å²) in [6.45, 7) is 6.95. The quantitative estimate of drug-likeness (QED) is 0.624. The van der Waals surface area contributed by atoms with Gasteiger partial charge in [-0.05, 0) is 5.92 Å². The van der Waals surface area contributed by atoms with E-state index in [1.54, 1.807) is 7.11 Å². The standard InChI is InChI=1S/C10H23N3O2/c1-9(8-14-2)10(7-11)12-13-3-5-15-6-4-13/h9-10,12H,3-8,11H2,1-2H3. The van der Waals surface area contributed by atoms with E-state index in [1.807, 2.05) is 0 Å². The maximum atomic E-state index is 5.75. The minimum atomic E-state index is 0.281. The second kappa shape index (κ2) is 7.14. The summed E-state index contributed by atoms with van der Waals surface area (Å²) in [6.07, 6.45) is 0. The Kier molecular flexibility index (Phi) is 6.12. The second-order valence-corrected chi connectivity index (χ2v) is 4.00. The molecule has 2 atom stereocenters. The van der Waals surface area contributed by atoms with Crippen molar-refractivity contribution < 1.29 is 9.47 Å². The lowest BCUT2D eigenvalue weighted by Gasteiger charge is -2.33. The van der Waals surface area contributed by atoms with Crippen LogP contribution in [0.25, 0.3) is 0 Å². The van der Waals surface area contributed by atoms with E-state index < -0.39 is 0 Å². The van der Waals surface area contributed by atoms with Gasteiger partial charge in [0.2, 0.25) is 0 Å². The van der Waals surface area contributed by atoms with Gasteiger partial charge in [-0.25, -0.2) is 5.01 Å². The summed E-state index contributed by atoms with van der Waals surface area (Å²) >= 11 is 0. The van der Waals surface area contributed by atoms with Crippen LogP contribution < -0.4 is 11.2 Å². The summed E-state index contributed by atoms with van der Waals surface area (Å²) < 4.78 is 10.4. The van der Waals surface area contributed by atoms with Gasteiger partial charge in [0.1, 0.15) is 0 Å². The van der Waals surface area contributed by atoms with Crippen molar-refractivity contribution in [3.63, 3.8) is 0 Å². The number of hydrogen-bond donors (Lipinski definition) is 2. The Morgan fingerprint density at radius 2 is 2.13 bits per heavy atom. The second-order valence-electron chi connectivity index (χ2n) is 4.00. The van der Waals surface area contributed by atoms with E-state index in [2.05, 4.69) is 17.4 Å². The number of nitrogens with zero attached hydrogens (tertiary/aromatic N) is 1. The fourth-order valence-corrected chi connectivity index (χ4v) is 1.72. The number of methoxy groups -OCH3 is 1. The van der Waals surface area contributed by atoms with Crippen LogP contribution in [-0.4, -0.2) is 57.6 Å². The summed E-state index contributed by atoms with van der Waals surface area (Å²) in [6, 6.07) is 0.281. The van der Waals surface area contributed by atoms with E-state index >= 15 is 0 Å². The Hall–Kier alpha value is -0.200. The van der Waals surface area contributed by atoms with E-state index in [0.717, 1.165) is 32.9 Å². The van der Waals surface area contributed by atoms with E-state index in [4.69, 9.17) is 15.2 Å². The van der Waals surface area contributed by atoms with Crippen LogP contribution in [0.15, 0.2) is 0 Å². The van der Waals surface area contributed by atoms with E-state index in [0.29, 0.717) is 12.5 Å². The predicted octanol–water partition coefficient (Wildman–Crippen LogP) is -0.567. The first-order valence-electron chi connectivity index (χ1n) is 5.55. The molecular formula is C10H23N3O2. The van der Waals surface area contributed by atoms with Gasteiger partial charge >= 0.3 is 0 Å². The van der Waals surface area contributed by atoms with E-state index in [9.17, 15) is 0 Å². The number of ether oxygens (including phenoxy) is 2. The van der Waals surface area contributed by atoms with Crippen LogP contribution in [0.1, 0.15) is 6.92 Å². The van der Waals surface area contributed by atoms with Crippen molar-refractivity contribution >= 4 is 0 Å². The molecule has 0 aliphatic carbocycles. The van der Waals surface area contributed by atoms with Gasteiger partial charge in [-0.2, -0.15) is 0 Å². The monoisotopic (exact) mass is 217 g/mol. The summed E-state index contributed by atoms with van der Waals surface area (Å²) in [5.41, 5.74) is 9.18. The molecule has 1 heterocycles. The zero-order chi connectivity index (χ0) is 11.1. The third-order valence-corrected chi connectivity index (χ3v) is 2.73. The molecule has 1 saturated heterocycles. The first-order chi connectivity index (χ1) is 7.27. The van der Waals surface area contributed by atoms with E-state index in [-0.39, 0.29) is 6.04 Å². The fraction of sp³-hybridized carbons (Fsp3) is 1.00. The molecule has 0 spiro atoms. The maximum Gasteiger partial charge on any atom is 0.0608 e. The van der Waals surface area contributed by atoms with Crippen LogP contribution in [0.4, 0.5) is 0 Å². The van der Waals surface area contributed by atoms with Gasteiger partial charge in [-0.3, -0.25) is 5.43 Å². The highest BCUT2D eigenvalue weighted by atomic mass is 16.5. The summed E-state index contributed by atoms with van der Waals surface area (Å²) in [5.74, 6) is 0.419. The van der Waals surface area contributed by atoms with Crippen molar-refractivity contribution in [1.29, 1.82) is 0 Å². The molecular weight excluding hydrogens is 194 g/mol. The van der Waals surface area contributed by atoms with Gasteiger partial charge in [0.05, 0.1) is 19.8 Å². The van der Waals surface area contributed by atoms with Crippen LogP contribution >= 0.6 is 0 Å². The molecule has 1 aliphatic heterocycles. The first kappa shape index (κ1) is 12.9. The molecule has 0 aromatic heterocycles. The molecule has 5 nitrogen and oxygen atoms in total. The van der Waals surface area contributed by atoms with Crippen LogP contribution in [0.2, 0.25) is 0 Å². The molecule has 0 radical (unpaired) electrons. The lowest BCUT2D eigenvalue weighted by molar-refractivity contribution is -0.00466. The Labute approximate surface area is 91.9 Å². The number of hydrazine groups is 1. The average Bonchev–Trinajstić information content (AvgIpc) is 2.27. The van der Waals surface area contributed by atoms with Crippen molar-refractivity contribution in [2.45, 2.75) is 13.0 Å². The lowest BCUT2D eigenvalue weighted by Crippen LogP contribution is -2.54. The number of rotatable bonds is 6. The maximum absolute atomic E-state index is 5.75. The number of morpholine rings is 1. The van der Waals surface area contributed by atoms with Crippen molar-refractivity contribution in [3.05, 3.63) is 0 Å². The molecule has 0 aromatic carbocycles. The largest absolute Gasteiger partial charge is 0.384 e. The minimum absolute atomic E-state index is 0.281. The van der Waals surface area contributed by atoms with Crippen molar-refractivity contribution in [2.24, 2.45) is 11.7 Å². The third kappa shape index (κ3) is 4.44. The van der Waals surface area contributed by atoms with E-state index in [1.165, 1.54) is 0 Å². The summed E-state index contributed by atoms with van der Waals surface area (Å²) in [7, 11) is 1.72. The van der Waals surface area contributed by atoms with Gasteiger partial charge < -0.3 is 15.2 Å². The molecule has 0 amide bonds. The zero-order valence-electron chi connectivity index (χ0n) is 9.74. The molecule has 1 aliphatic rings. The Bertz CT molecular complexity index is 163. The van der Waals surface area contributed by atoms with Crippen molar-refractivity contribution in [2.75, 3.05) is 46.6 Å².